The third kappa shape index (κ3) is 2.34. The minimum Gasteiger partial charge on any atom is -0.497 e. The van der Waals surface area contributed by atoms with Crippen LogP contribution in [0.4, 0.5) is 5.82 Å². The zero-order valence-electron chi connectivity index (χ0n) is 10.6. The van der Waals surface area contributed by atoms with Crippen LogP contribution in [0.2, 0.25) is 0 Å². The van der Waals surface area contributed by atoms with Crippen molar-refractivity contribution < 1.29 is 14.3 Å². The number of carbonyl (C=O) groups excluding carboxylic acids is 1. The summed E-state index contributed by atoms with van der Waals surface area (Å²) in [6.45, 7) is 0. The number of ether oxygens (including phenoxy) is 2. The number of carbonyl (C=O) groups is 1. The second kappa shape index (κ2) is 5.13. The Kier molecular flexibility index (Phi) is 3.31. The molecule has 102 valence electrons. The van der Waals surface area contributed by atoms with E-state index in [0.29, 0.717) is 21.9 Å². The number of hydrogen-bond acceptors (Lipinski definition) is 4. The van der Waals surface area contributed by atoms with Crippen molar-refractivity contribution in [1.82, 2.24) is 4.98 Å². The number of pyridine rings is 1. The molecule has 0 saturated carbocycles. The molecule has 1 amide bonds. The van der Waals surface area contributed by atoms with Gasteiger partial charge >= 0.3 is 0 Å². The van der Waals surface area contributed by atoms with E-state index >= 15 is 0 Å². The van der Waals surface area contributed by atoms with Crippen molar-refractivity contribution in [1.29, 1.82) is 0 Å². The molecule has 1 aliphatic rings. The maximum Gasteiger partial charge on any atom is 0.271 e. The molecule has 0 radical (unpaired) electrons. The lowest BCUT2D eigenvalue weighted by atomic mass is 10.1. The number of rotatable bonds is 2. The number of nitrogens with one attached hydrogen (secondary N) is 1. The quantitative estimate of drug-likeness (QED) is 0.858. The van der Waals surface area contributed by atoms with Crippen LogP contribution in [0, 0.1) is 0 Å². The van der Waals surface area contributed by atoms with Gasteiger partial charge in [0.15, 0.2) is 11.6 Å². The molecule has 1 aromatic heterocycles. The van der Waals surface area contributed by atoms with E-state index in [9.17, 15) is 4.79 Å². The van der Waals surface area contributed by atoms with Crippen molar-refractivity contribution in [3.63, 3.8) is 0 Å². The van der Waals surface area contributed by atoms with E-state index in [2.05, 4.69) is 26.2 Å². The van der Waals surface area contributed by atoms with Crippen LogP contribution in [-0.2, 0) is 4.79 Å². The highest BCUT2D eigenvalue weighted by molar-refractivity contribution is 9.10. The van der Waals surface area contributed by atoms with Crippen molar-refractivity contribution >= 4 is 27.7 Å². The van der Waals surface area contributed by atoms with Crippen LogP contribution in [0.5, 0.6) is 11.5 Å². The largest absolute Gasteiger partial charge is 0.497 e. The van der Waals surface area contributed by atoms with Crippen molar-refractivity contribution in [2.75, 3.05) is 12.4 Å². The Morgan fingerprint density at radius 2 is 2.20 bits per heavy atom. The van der Waals surface area contributed by atoms with Gasteiger partial charge in [-0.1, -0.05) is 12.1 Å². The highest BCUT2D eigenvalue weighted by Gasteiger charge is 2.30. The summed E-state index contributed by atoms with van der Waals surface area (Å²) in [6, 6.07) is 10.8. The zero-order chi connectivity index (χ0) is 14.1. The van der Waals surface area contributed by atoms with Gasteiger partial charge in [0.2, 0.25) is 6.10 Å². The summed E-state index contributed by atoms with van der Waals surface area (Å²) >= 11 is 3.25. The lowest BCUT2D eigenvalue weighted by molar-refractivity contribution is -0.123. The minimum absolute atomic E-state index is 0.253. The maximum absolute atomic E-state index is 12.1. The lowest BCUT2D eigenvalue weighted by Gasteiger charge is -2.25. The van der Waals surface area contributed by atoms with E-state index in [1.165, 1.54) is 0 Å². The Morgan fingerprint density at radius 3 is 3.00 bits per heavy atom. The van der Waals surface area contributed by atoms with E-state index in [-0.39, 0.29) is 5.91 Å². The van der Waals surface area contributed by atoms with Gasteiger partial charge in [0.05, 0.1) is 7.11 Å². The van der Waals surface area contributed by atoms with Gasteiger partial charge < -0.3 is 14.8 Å². The molecule has 2 heterocycles. The van der Waals surface area contributed by atoms with Crippen molar-refractivity contribution in [2.24, 2.45) is 0 Å². The van der Waals surface area contributed by atoms with Crippen molar-refractivity contribution in [2.45, 2.75) is 6.10 Å². The van der Waals surface area contributed by atoms with Crippen LogP contribution in [-0.4, -0.2) is 18.0 Å². The molecule has 0 spiro atoms. The molecule has 0 bridgehead atoms. The van der Waals surface area contributed by atoms with E-state index in [4.69, 9.17) is 9.47 Å². The highest BCUT2D eigenvalue weighted by atomic mass is 79.9. The number of anilines is 1. The van der Waals surface area contributed by atoms with Gasteiger partial charge in [0.25, 0.3) is 5.91 Å². The molecular formula is C14H11BrN2O3. The van der Waals surface area contributed by atoms with Crippen LogP contribution >= 0.6 is 15.9 Å². The first kappa shape index (κ1) is 12.9. The van der Waals surface area contributed by atoms with E-state index in [1.807, 2.05) is 18.2 Å². The fourth-order valence-electron chi connectivity index (χ4n) is 1.99. The Balaban J connectivity index is 1.95. The first-order valence-electron chi connectivity index (χ1n) is 5.95. The number of hydrogen-bond donors (Lipinski definition) is 1. The number of amides is 1. The number of halogens is 1. The van der Waals surface area contributed by atoms with E-state index in [0.717, 1.165) is 5.56 Å². The third-order valence-corrected chi connectivity index (χ3v) is 3.39. The number of benzene rings is 1. The molecule has 2 aromatic rings. The van der Waals surface area contributed by atoms with Gasteiger partial charge in [-0.3, -0.25) is 4.79 Å². The Bertz CT molecular complexity index is 675. The average molecular weight is 335 g/mol. The average Bonchev–Trinajstić information content (AvgIpc) is 2.46. The Hall–Kier alpha value is -2.08. The Morgan fingerprint density at radius 1 is 1.35 bits per heavy atom. The van der Waals surface area contributed by atoms with E-state index in [1.54, 1.807) is 25.3 Å². The summed E-state index contributed by atoms with van der Waals surface area (Å²) in [5.74, 6) is 1.39. The summed E-state index contributed by atoms with van der Waals surface area (Å²) in [5, 5.41) is 2.74. The lowest BCUT2D eigenvalue weighted by Crippen LogP contribution is -2.30. The molecule has 0 aliphatic carbocycles. The fourth-order valence-corrected chi connectivity index (χ4v) is 2.30. The molecule has 0 fully saturated rings. The molecule has 1 aliphatic heterocycles. The first-order valence-corrected chi connectivity index (χ1v) is 6.74. The number of nitrogens with zero attached hydrogens (tertiary/aromatic N) is 1. The summed E-state index contributed by atoms with van der Waals surface area (Å²) < 4.78 is 11.5. The predicted octanol–water partition coefficient (Wildman–Crippen LogP) is 2.92. The van der Waals surface area contributed by atoms with Crippen molar-refractivity contribution in [3.05, 3.63) is 46.6 Å². The second-order valence-electron chi connectivity index (χ2n) is 4.24. The maximum atomic E-state index is 12.1. The van der Waals surface area contributed by atoms with Gasteiger partial charge in [-0.05, 0) is 40.2 Å². The second-order valence-corrected chi connectivity index (χ2v) is 5.06. The number of aromatic nitrogens is 1. The van der Waals surface area contributed by atoms with Crippen LogP contribution in [0.15, 0.2) is 41.0 Å². The summed E-state index contributed by atoms with van der Waals surface area (Å²) in [5.41, 5.74) is 0.732. The topological polar surface area (TPSA) is 60.5 Å². The molecule has 1 atom stereocenters. The van der Waals surface area contributed by atoms with Crippen LogP contribution in [0.25, 0.3) is 0 Å². The van der Waals surface area contributed by atoms with Gasteiger partial charge in [-0.15, -0.1) is 0 Å². The minimum atomic E-state index is -0.708. The first-order chi connectivity index (χ1) is 9.67. The Labute approximate surface area is 124 Å². The third-order valence-electron chi connectivity index (χ3n) is 2.95. The molecule has 1 N–H and O–H groups in total. The van der Waals surface area contributed by atoms with Gasteiger partial charge in [-0.2, -0.15) is 0 Å². The van der Waals surface area contributed by atoms with Crippen LogP contribution in [0.1, 0.15) is 11.7 Å². The monoisotopic (exact) mass is 334 g/mol. The molecule has 0 saturated heterocycles. The van der Waals surface area contributed by atoms with Gasteiger partial charge in [-0.25, -0.2) is 4.98 Å². The number of methoxy groups -OCH3 is 1. The van der Waals surface area contributed by atoms with Gasteiger partial charge in [0.1, 0.15) is 10.4 Å². The summed E-state index contributed by atoms with van der Waals surface area (Å²) in [4.78, 5) is 16.3. The van der Waals surface area contributed by atoms with E-state index < -0.39 is 6.10 Å². The SMILES string of the molecule is COc1cccc(C2Oc3ccc(Br)nc3NC2=O)c1. The van der Waals surface area contributed by atoms with Crippen LogP contribution in [0.3, 0.4) is 0 Å². The molecule has 5 nitrogen and oxygen atoms in total. The standard InChI is InChI=1S/C14H11BrN2O3/c1-19-9-4-2-3-8(7-9)12-14(18)17-13-10(20-12)5-6-11(15)16-13/h2-7,12H,1H3,(H,16,17,18). The normalized spacial score (nSPS) is 16.9. The zero-order valence-corrected chi connectivity index (χ0v) is 12.2. The summed E-state index contributed by atoms with van der Waals surface area (Å²) in [7, 11) is 1.58. The fraction of sp³-hybridized carbons (Fsp3) is 0.143. The number of fused-ring (bicyclic) bond motifs is 1. The molecule has 3 rings (SSSR count). The molecule has 6 heteroatoms. The summed E-state index contributed by atoms with van der Waals surface area (Å²) in [6.07, 6.45) is -0.708. The molecule has 20 heavy (non-hydrogen) atoms. The predicted molar refractivity (Wildman–Crippen MR) is 76.9 cm³/mol. The molecule has 1 unspecified atom stereocenters. The molecular weight excluding hydrogens is 324 g/mol. The van der Waals surface area contributed by atoms with Gasteiger partial charge in [0, 0.05) is 5.56 Å². The van der Waals surface area contributed by atoms with Crippen LogP contribution < -0.4 is 14.8 Å². The van der Waals surface area contributed by atoms with Crippen molar-refractivity contribution in [3.8, 4) is 11.5 Å². The molecule has 1 aromatic carbocycles. The highest BCUT2D eigenvalue weighted by Crippen LogP contribution is 2.35. The smallest absolute Gasteiger partial charge is 0.271 e.